The molecule has 0 atom stereocenters. The van der Waals surface area contributed by atoms with Crippen LogP contribution in [0.25, 0.3) is 5.65 Å². The SMILES string of the molecule is Cc1cccn2cc(CC(=O)Nc3cc(F)ccc3F)nc12. The third-order valence-electron chi connectivity index (χ3n) is 3.27. The number of fused-ring (bicyclic) bond motifs is 1. The van der Waals surface area contributed by atoms with E-state index in [9.17, 15) is 13.6 Å². The maximum Gasteiger partial charge on any atom is 0.230 e. The second kappa shape index (κ2) is 5.55. The highest BCUT2D eigenvalue weighted by atomic mass is 19.1. The summed E-state index contributed by atoms with van der Waals surface area (Å²) in [6, 6.07) is 6.72. The average molecular weight is 301 g/mol. The normalized spacial score (nSPS) is 10.9. The van der Waals surface area contributed by atoms with Crippen LogP contribution in [0.2, 0.25) is 0 Å². The number of rotatable bonds is 3. The fourth-order valence-electron chi connectivity index (χ4n) is 2.24. The molecule has 1 amide bonds. The number of aryl methyl sites for hydroxylation is 1. The molecule has 2 heterocycles. The highest BCUT2D eigenvalue weighted by Gasteiger charge is 2.11. The zero-order valence-corrected chi connectivity index (χ0v) is 11.8. The molecular formula is C16H13F2N3O. The van der Waals surface area contributed by atoms with Crippen LogP contribution >= 0.6 is 0 Å². The lowest BCUT2D eigenvalue weighted by Gasteiger charge is -2.05. The van der Waals surface area contributed by atoms with Crippen LogP contribution < -0.4 is 5.32 Å². The first-order valence-corrected chi connectivity index (χ1v) is 6.71. The Bertz CT molecular complexity index is 858. The fraction of sp³-hybridized carbons (Fsp3) is 0.125. The van der Waals surface area contributed by atoms with Gasteiger partial charge in [-0.25, -0.2) is 13.8 Å². The predicted octanol–water partition coefficient (Wildman–Crippen LogP) is 3.10. The van der Waals surface area contributed by atoms with Crippen molar-refractivity contribution >= 4 is 17.2 Å². The van der Waals surface area contributed by atoms with E-state index in [1.54, 1.807) is 6.20 Å². The molecule has 0 bridgehead atoms. The van der Waals surface area contributed by atoms with Gasteiger partial charge in [0.25, 0.3) is 0 Å². The number of carbonyl (C=O) groups excluding carboxylic acids is 1. The maximum absolute atomic E-state index is 13.5. The van der Waals surface area contributed by atoms with Gasteiger partial charge in [-0.15, -0.1) is 0 Å². The minimum atomic E-state index is -0.680. The average Bonchev–Trinajstić information content (AvgIpc) is 2.86. The first-order chi connectivity index (χ1) is 10.5. The van der Waals surface area contributed by atoms with Crippen molar-refractivity contribution < 1.29 is 13.6 Å². The molecule has 0 aliphatic carbocycles. The van der Waals surface area contributed by atoms with Crippen molar-refractivity contribution in [2.75, 3.05) is 5.32 Å². The summed E-state index contributed by atoms with van der Waals surface area (Å²) in [5.74, 6) is -1.74. The lowest BCUT2D eigenvalue weighted by molar-refractivity contribution is -0.115. The van der Waals surface area contributed by atoms with Crippen LogP contribution in [0.15, 0.2) is 42.7 Å². The van der Waals surface area contributed by atoms with Crippen LogP contribution in [-0.4, -0.2) is 15.3 Å². The Morgan fingerprint density at radius 2 is 2.14 bits per heavy atom. The van der Waals surface area contributed by atoms with Crippen molar-refractivity contribution in [1.29, 1.82) is 0 Å². The lowest BCUT2D eigenvalue weighted by atomic mass is 10.2. The van der Waals surface area contributed by atoms with Crippen molar-refractivity contribution in [3.63, 3.8) is 0 Å². The number of anilines is 1. The number of imidazole rings is 1. The summed E-state index contributed by atoms with van der Waals surface area (Å²) in [7, 11) is 0. The summed E-state index contributed by atoms with van der Waals surface area (Å²) in [5, 5.41) is 2.36. The molecule has 0 saturated heterocycles. The van der Waals surface area contributed by atoms with Gasteiger partial charge < -0.3 is 9.72 Å². The van der Waals surface area contributed by atoms with Crippen LogP contribution in [0.1, 0.15) is 11.3 Å². The van der Waals surface area contributed by atoms with Gasteiger partial charge in [-0.1, -0.05) is 6.07 Å². The topological polar surface area (TPSA) is 46.4 Å². The maximum atomic E-state index is 13.5. The lowest BCUT2D eigenvalue weighted by Crippen LogP contribution is -2.15. The minimum absolute atomic E-state index is 0.0168. The van der Waals surface area contributed by atoms with E-state index < -0.39 is 17.5 Å². The van der Waals surface area contributed by atoms with E-state index in [4.69, 9.17) is 0 Å². The number of nitrogens with one attached hydrogen (secondary N) is 1. The molecule has 22 heavy (non-hydrogen) atoms. The number of halogens is 2. The zero-order chi connectivity index (χ0) is 15.7. The molecule has 3 aromatic rings. The molecule has 0 fully saturated rings. The van der Waals surface area contributed by atoms with Gasteiger partial charge in [0.05, 0.1) is 17.8 Å². The molecule has 6 heteroatoms. The van der Waals surface area contributed by atoms with Gasteiger partial charge in [-0.3, -0.25) is 4.79 Å². The molecule has 4 nitrogen and oxygen atoms in total. The number of carbonyl (C=O) groups is 1. The van der Waals surface area contributed by atoms with Crippen LogP contribution in [0.4, 0.5) is 14.5 Å². The Morgan fingerprint density at radius 3 is 2.91 bits per heavy atom. The van der Waals surface area contributed by atoms with Crippen molar-refractivity contribution in [2.24, 2.45) is 0 Å². The summed E-state index contributed by atoms with van der Waals surface area (Å²) in [6.45, 7) is 1.92. The number of benzene rings is 1. The van der Waals surface area contributed by atoms with E-state index in [0.717, 1.165) is 29.4 Å². The Kier molecular flexibility index (Phi) is 3.58. The molecule has 0 spiro atoms. The highest BCUT2D eigenvalue weighted by Crippen LogP contribution is 2.16. The predicted molar refractivity (Wildman–Crippen MR) is 78.6 cm³/mol. The quantitative estimate of drug-likeness (QED) is 0.808. The van der Waals surface area contributed by atoms with E-state index in [1.807, 2.05) is 29.7 Å². The number of hydrogen-bond donors (Lipinski definition) is 1. The molecule has 2 aromatic heterocycles. The molecule has 1 N–H and O–H groups in total. The van der Waals surface area contributed by atoms with Gasteiger partial charge in [0.1, 0.15) is 17.3 Å². The van der Waals surface area contributed by atoms with Crippen LogP contribution in [0.3, 0.4) is 0 Å². The van der Waals surface area contributed by atoms with E-state index in [2.05, 4.69) is 10.3 Å². The Labute approximate surface area is 125 Å². The molecule has 1 aromatic carbocycles. The van der Waals surface area contributed by atoms with Crippen molar-refractivity contribution in [3.8, 4) is 0 Å². The first kappa shape index (κ1) is 14.2. The Morgan fingerprint density at radius 1 is 1.32 bits per heavy atom. The molecule has 0 aliphatic rings. The third kappa shape index (κ3) is 2.81. The van der Waals surface area contributed by atoms with Crippen LogP contribution in [0, 0.1) is 18.6 Å². The van der Waals surface area contributed by atoms with Crippen LogP contribution in [0.5, 0.6) is 0 Å². The highest BCUT2D eigenvalue weighted by molar-refractivity contribution is 5.92. The zero-order valence-electron chi connectivity index (χ0n) is 11.8. The molecule has 0 aliphatic heterocycles. The monoisotopic (exact) mass is 301 g/mol. The number of nitrogens with zero attached hydrogens (tertiary/aromatic N) is 2. The first-order valence-electron chi connectivity index (χ1n) is 6.71. The number of pyridine rings is 1. The van der Waals surface area contributed by atoms with Crippen LogP contribution in [-0.2, 0) is 11.2 Å². The van der Waals surface area contributed by atoms with Gasteiger partial charge in [0, 0.05) is 18.5 Å². The van der Waals surface area contributed by atoms with E-state index >= 15 is 0 Å². The van der Waals surface area contributed by atoms with Gasteiger partial charge in [-0.2, -0.15) is 0 Å². The second-order valence-corrected chi connectivity index (χ2v) is 5.00. The molecule has 0 saturated carbocycles. The van der Waals surface area contributed by atoms with E-state index in [1.165, 1.54) is 0 Å². The summed E-state index contributed by atoms with van der Waals surface area (Å²) in [6.07, 6.45) is 3.56. The Hall–Kier alpha value is -2.76. The summed E-state index contributed by atoms with van der Waals surface area (Å²) in [5.41, 5.74) is 2.14. The second-order valence-electron chi connectivity index (χ2n) is 5.00. The Balaban J connectivity index is 1.78. The minimum Gasteiger partial charge on any atom is -0.323 e. The van der Waals surface area contributed by atoms with Gasteiger partial charge in [0.2, 0.25) is 5.91 Å². The molecule has 3 rings (SSSR count). The van der Waals surface area contributed by atoms with E-state index in [-0.39, 0.29) is 12.1 Å². The summed E-state index contributed by atoms with van der Waals surface area (Å²) < 4.78 is 28.4. The summed E-state index contributed by atoms with van der Waals surface area (Å²) >= 11 is 0. The van der Waals surface area contributed by atoms with Crippen molar-refractivity contribution in [3.05, 3.63) is 65.6 Å². The molecular weight excluding hydrogens is 288 g/mol. The van der Waals surface area contributed by atoms with E-state index in [0.29, 0.717) is 5.69 Å². The number of amides is 1. The van der Waals surface area contributed by atoms with Crippen molar-refractivity contribution in [1.82, 2.24) is 9.38 Å². The van der Waals surface area contributed by atoms with Gasteiger partial charge in [0.15, 0.2) is 0 Å². The van der Waals surface area contributed by atoms with Crippen molar-refractivity contribution in [2.45, 2.75) is 13.3 Å². The number of hydrogen-bond acceptors (Lipinski definition) is 2. The van der Waals surface area contributed by atoms with Gasteiger partial charge >= 0.3 is 0 Å². The molecule has 0 radical (unpaired) electrons. The molecule has 112 valence electrons. The van der Waals surface area contributed by atoms with Gasteiger partial charge in [-0.05, 0) is 30.7 Å². The standard InChI is InChI=1S/C16H13F2N3O/c1-10-3-2-6-21-9-12(19-16(10)21)8-15(22)20-14-7-11(17)4-5-13(14)18/h2-7,9H,8H2,1H3,(H,20,22). The fourth-order valence-corrected chi connectivity index (χ4v) is 2.24. The smallest absolute Gasteiger partial charge is 0.230 e. The third-order valence-corrected chi connectivity index (χ3v) is 3.27. The number of aromatic nitrogens is 2. The summed E-state index contributed by atoms with van der Waals surface area (Å²) in [4.78, 5) is 16.3. The largest absolute Gasteiger partial charge is 0.323 e. The molecule has 0 unspecified atom stereocenters.